The zero-order valence-electron chi connectivity index (χ0n) is 8.03. The first-order chi connectivity index (χ1) is 7.36. The lowest BCUT2D eigenvalue weighted by molar-refractivity contribution is 0.0912. The Bertz CT molecular complexity index is 359. The van der Waals surface area contributed by atoms with Gasteiger partial charge in [-0.1, -0.05) is 0 Å². The maximum absolute atomic E-state index is 11.4. The number of amidine groups is 1. The molecule has 0 spiro atoms. The first-order valence-corrected chi connectivity index (χ1v) is 4.57. The molecule has 2 heterocycles. The number of carbonyl (C=O) groups excluding carboxylic acids is 1. The fraction of sp³-hybridized carbons (Fsp3) is 0.333. The lowest BCUT2D eigenvalue weighted by Gasteiger charge is -2.14. The highest BCUT2D eigenvalue weighted by molar-refractivity contribution is 5.93. The third kappa shape index (κ3) is 2.57. The summed E-state index contributed by atoms with van der Waals surface area (Å²) in [4.78, 5) is 15.5. The molecule has 0 aliphatic carbocycles. The van der Waals surface area contributed by atoms with Crippen molar-refractivity contribution in [2.45, 2.75) is 0 Å². The normalized spacial score (nSPS) is 15.6. The van der Waals surface area contributed by atoms with Gasteiger partial charge in [-0.3, -0.25) is 20.6 Å². The topological polar surface area (TPSA) is 75.9 Å². The van der Waals surface area contributed by atoms with Crippen molar-refractivity contribution in [3.8, 4) is 0 Å². The molecular weight excluding hydrogens is 198 g/mol. The summed E-state index contributed by atoms with van der Waals surface area (Å²) in [6.45, 7) is 1.62. The molecule has 6 heteroatoms. The molecule has 1 aliphatic rings. The van der Waals surface area contributed by atoms with Crippen molar-refractivity contribution in [2.75, 3.05) is 19.8 Å². The van der Waals surface area contributed by atoms with Crippen LogP contribution in [0.3, 0.4) is 0 Å². The van der Waals surface area contributed by atoms with E-state index in [0.29, 0.717) is 25.6 Å². The van der Waals surface area contributed by atoms with E-state index < -0.39 is 0 Å². The SMILES string of the molecule is O=C(NNC1=NCCOC1)c1ccco1. The number of hydrazine groups is 1. The van der Waals surface area contributed by atoms with Crippen molar-refractivity contribution in [3.63, 3.8) is 0 Å². The average Bonchev–Trinajstić information content (AvgIpc) is 2.81. The molecular formula is C9H11N3O3. The van der Waals surface area contributed by atoms with Crippen LogP contribution in [0.15, 0.2) is 27.8 Å². The highest BCUT2D eigenvalue weighted by Gasteiger charge is 2.09. The van der Waals surface area contributed by atoms with Gasteiger partial charge in [0.15, 0.2) is 5.76 Å². The van der Waals surface area contributed by atoms with Crippen molar-refractivity contribution in [3.05, 3.63) is 24.2 Å². The summed E-state index contributed by atoms with van der Waals surface area (Å²) in [6, 6.07) is 3.23. The van der Waals surface area contributed by atoms with Crippen LogP contribution in [0.25, 0.3) is 0 Å². The van der Waals surface area contributed by atoms with E-state index in [-0.39, 0.29) is 11.7 Å². The molecule has 1 amide bonds. The molecule has 0 saturated heterocycles. The zero-order chi connectivity index (χ0) is 10.5. The summed E-state index contributed by atoms with van der Waals surface area (Å²) in [6.07, 6.45) is 1.44. The van der Waals surface area contributed by atoms with E-state index in [4.69, 9.17) is 9.15 Å². The van der Waals surface area contributed by atoms with Gasteiger partial charge < -0.3 is 9.15 Å². The molecule has 2 rings (SSSR count). The summed E-state index contributed by atoms with van der Waals surface area (Å²) in [5, 5.41) is 0. The lowest BCUT2D eigenvalue weighted by Crippen LogP contribution is -2.44. The Morgan fingerprint density at radius 3 is 3.13 bits per heavy atom. The van der Waals surface area contributed by atoms with Crippen LogP contribution in [0.2, 0.25) is 0 Å². The summed E-state index contributed by atoms with van der Waals surface area (Å²) in [7, 11) is 0. The number of ether oxygens (including phenoxy) is 1. The second kappa shape index (κ2) is 4.61. The molecule has 0 saturated carbocycles. The van der Waals surface area contributed by atoms with Crippen molar-refractivity contribution >= 4 is 11.7 Å². The first kappa shape index (κ1) is 9.72. The second-order valence-corrected chi connectivity index (χ2v) is 2.94. The highest BCUT2D eigenvalue weighted by Crippen LogP contribution is 1.98. The molecule has 1 aliphatic heterocycles. The van der Waals surface area contributed by atoms with Crippen LogP contribution < -0.4 is 10.9 Å². The van der Waals surface area contributed by atoms with Gasteiger partial charge in [-0.05, 0) is 12.1 Å². The highest BCUT2D eigenvalue weighted by atomic mass is 16.5. The molecule has 1 aromatic rings. The Morgan fingerprint density at radius 1 is 1.53 bits per heavy atom. The molecule has 0 aromatic carbocycles. The number of furan rings is 1. The number of nitrogens with one attached hydrogen (secondary N) is 2. The molecule has 6 nitrogen and oxygen atoms in total. The number of hydrogen-bond acceptors (Lipinski definition) is 5. The first-order valence-electron chi connectivity index (χ1n) is 4.57. The van der Waals surface area contributed by atoms with Gasteiger partial charge in [0.2, 0.25) is 0 Å². The molecule has 0 unspecified atom stereocenters. The third-order valence-electron chi connectivity index (χ3n) is 1.84. The van der Waals surface area contributed by atoms with Crippen molar-refractivity contribution in [2.24, 2.45) is 4.99 Å². The fourth-order valence-corrected chi connectivity index (χ4v) is 1.13. The van der Waals surface area contributed by atoms with Gasteiger partial charge in [-0.15, -0.1) is 0 Å². The van der Waals surface area contributed by atoms with E-state index in [0.717, 1.165) is 0 Å². The Labute approximate surface area is 86.3 Å². The molecule has 0 bridgehead atoms. The van der Waals surface area contributed by atoms with Gasteiger partial charge >= 0.3 is 5.91 Å². The minimum atomic E-state index is -0.340. The predicted octanol–water partition coefficient (Wildman–Crippen LogP) is -0.0573. The van der Waals surface area contributed by atoms with Crippen LogP contribution in [0, 0.1) is 0 Å². The molecule has 1 aromatic heterocycles. The monoisotopic (exact) mass is 209 g/mol. The summed E-state index contributed by atoms with van der Waals surface area (Å²) < 4.78 is 10.0. The summed E-state index contributed by atoms with van der Waals surface area (Å²) in [5.41, 5.74) is 5.14. The van der Waals surface area contributed by atoms with Crippen molar-refractivity contribution < 1.29 is 13.9 Å². The van der Waals surface area contributed by atoms with Gasteiger partial charge in [-0.25, -0.2) is 0 Å². The fourth-order valence-electron chi connectivity index (χ4n) is 1.13. The third-order valence-corrected chi connectivity index (χ3v) is 1.84. The standard InChI is InChI=1S/C9H11N3O3/c13-9(7-2-1-4-15-7)12-11-8-6-14-5-3-10-8/h1-2,4H,3,5-6H2,(H,10,11)(H,12,13). The van der Waals surface area contributed by atoms with E-state index in [1.54, 1.807) is 12.1 Å². The van der Waals surface area contributed by atoms with E-state index in [1.165, 1.54) is 6.26 Å². The smallest absolute Gasteiger partial charge is 0.305 e. The number of carbonyl (C=O) groups is 1. The van der Waals surface area contributed by atoms with Crippen molar-refractivity contribution in [1.82, 2.24) is 10.9 Å². The van der Waals surface area contributed by atoms with E-state index in [9.17, 15) is 4.79 Å². The van der Waals surface area contributed by atoms with E-state index in [2.05, 4.69) is 15.8 Å². The molecule has 0 fully saturated rings. The largest absolute Gasteiger partial charge is 0.459 e. The van der Waals surface area contributed by atoms with Crippen LogP contribution in [0.1, 0.15) is 10.6 Å². The molecule has 0 radical (unpaired) electrons. The number of aliphatic imine (C=N–C) groups is 1. The molecule has 2 N–H and O–H groups in total. The molecule has 15 heavy (non-hydrogen) atoms. The Balaban J connectivity index is 1.83. The summed E-state index contributed by atoms with van der Waals surface area (Å²) >= 11 is 0. The predicted molar refractivity (Wildman–Crippen MR) is 52.4 cm³/mol. The van der Waals surface area contributed by atoms with Gasteiger partial charge in [0.25, 0.3) is 0 Å². The van der Waals surface area contributed by atoms with Crippen molar-refractivity contribution in [1.29, 1.82) is 0 Å². The van der Waals surface area contributed by atoms with Gasteiger partial charge in [0.05, 0.1) is 19.4 Å². The van der Waals surface area contributed by atoms with Crippen LogP contribution in [-0.2, 0) is 4.74 Å². The number of amides is 1. The Morgan fingerprint density at radius 2 is 2.47 bits per heavy atom. The van der Waals surface area contributed by atoms with Gasteiger partial charge in [0.1, 0.15) is 12.4 Å². The molecule has 0 atom stereocenters. The second-order valence-electron chi connectivity index (χ2n) is 2.94. The van der Waals surface area contributed by atoms with Crippen LogP contribution in [0.5, 0.6) is 0 Å². The number of nitrogens with zero attached hydrogens (tertiary/aromatic N) is 1. The lowest BCUT2D eigenvalue weighted by atomic mass is 10.4. The minimum Gasteiger partial charge on any atom is -0.459 e. The average molecular weight is 209 g/mol. The maximum atomic E-state index is 11.4. The van der Waals surface area contributed by atoms with Crippen LogP contribution in [0.4, 0.5) is 0 Å². The Hall–Kier alpha value is -1.82. The van der Waals surface area contributed by atoms with E-state index in [1.807, 2.05) is 0 Å². The van der Waals surface area contributed by atoms with Crippen LogP contribution in [-0.4, -0.2) is 31.5 Å². The maximum Gasteiger partial charge on any atom is 0.305 e. The summed E-state index contributed by atoms with van der Waals surface area (Å²) in [5.74, 6) is 0.522. The van der Waals surface area contributed by atoms with Gasteiger partial charge in [0, 0.05) is 0 Å². The number of rotatable bonds is 1. The zero-order valence-corrected chi connectivity index (χ0v) is 8.03. The minimum absolute atomic E-state index is 0.250. The van der Waals surface area contributed by atoms with E-state index >= 15 is 0 Å². The Kier molecular flexibility index (Phi) is 2.99. The quantitative estimate of drug-likeness (QED) is 0.635. The van der Waals surface area contributed by atoms with Gasteiger partial charge in [-0.2, -0.15) is 0 Å². The van der Waals surface area contributed by atoms with Crippen LogP contribution >= 0.6 is 0 Å². The number of hydrogen-bond donors (Lipinski definition) is 2. The molecule has 80 valence electrons.